The van der Waals surface area contributed by atoms with Gasteiger partial charge in [0, 0.05) is 12.4 Å². The number of hydrogen-bond donors (Lipinski definition) is 1. The van der Waals surface area contributed by atoms with Crippen molar-refractivity contribution in [3.8, 4) is 0 Å². The summed E-state index contributed by atoms with van der Waals surface area (Å²) in [7, 11) is -3.16. The maximum absolute atomic E-state index is 11.1. The van der Waals surface area contributed by atoms with Gasteiger partial charge in [-0.1, -0.05) is 13.0 Å². The van der Waals surface area contributed by atoms with E-state index >= 15 is 0 Å². The fourth-order valence-corrected chi connectivity index (χ4v) is 2.26. The Morgan fingerprint density at radius 3 is 2.67 bits per heavy atom. The SMILES string of the molecule is C=CCNS(=O)(=O)CC(C)CCl. The molecule has 1 N–H and O–H groups in total. The van der Waals surface area contributed by atoms with Crippen molar-refractivity contribution in [1.29, 1.82) is 0 Å². The van der Waals surface area contributed by atoms with Gasteiger partial charge in [-0.05, 0) is 5.92 Å². The second-order valence-corrected chi connectivity index (χ2v) is 4.84. The Balaban J connectivity index is 3.95. The van der Waals surface area contributed by atoms with Crippen molar-refractivity contribution in [1.82, 2.24) is 4.72 Å². The molecule has 0 aromatic heterocycles. The largest absolute Gasteiger partial charge is 0.212 e. The smallest absolute Gasteiger partial charge is 0.212 e. The van der Waals surface area contributed by atoms with Crippen LogP contribution in [0.2, 0.25) is 0 Å². The van der Waals surface area contributed by atoms with Crippen molar-refractivity contribution < 1.29 is 8.42 Å². The monoisotopic (exact) mass is 211 g/mol. The molecule has 0 saturated heterocycles. The maximum atomic E-state index is 11.1. The molecule has 0 heterocycles. The summed E-state index contributed by atoms with van der Waals surface area (Å²) in [5.74, 6) is 0.410. The lowest BCUT2D eigenvalue weighted by molar-refractivity contribution is 0.573. The topological polar surface area (TPSA) is 46.2 Å². The number of rotatable bonds is 6. The van der Waals surface area contributed by atoms with Gasteiger partial charge in [0.15, 0.2) is 0 Å². The molecule has 72 valence electrons. The van der Waals surface area contributed by atoms with E-state index < -0.39 is 10.0 Å². The number of hydrogen-bond acceptors (Lipinski definition) is 2. The molecule has 1 atom stereocenters. The van der Waals surface area contributed by atoms with Gasteiger partial charge in [-0.2, -0.15) is 0 Å². The van der Waals surface area contributed by atoms with Crippen LogP contribution in [-0.2, 0) is 10.0 Å². The van der Waals surface area contributed by atoms with Gasteiger partial charge < -0.3 is 0 Å². The van der Waals surface area contributed by atoms with Gasteiger partial charge in [-0.3, -0.25) is 0 Å². The summed E-state index contributed by atoms with van der Waals surface area (Å²) in [6.07, 6.45) is 1.50. The van der Waals surface area contributed by atoms with Crippen LogP contribution >= 0.6 is 11.6 Å². The molecule has 0 fully saturated rings. The van der Waals surface area contributed by atoms with Crippen LogP contribution < -0.4 is 4.72 Å². The van der Waals surface area contributed by atoms with Gasteiger partial charge in [0.1, 0.15) is 0 Å². The maximum Gasteiger partial charge on any atom is 0.212 e. The molecule has 0 bridgehead atoms. The Kier molecular flexibility index (Phi) is 5.53. The van der Waals surface area contributed by atoms with E-state index in [1.165, 1.54) is 6.08 Å². The first-order valence-corrected chi connectivity index (χ1v) is 5.84. The average molecular weight is 212 g/mol. The zero-order valence-corrected chi connectivity index (χ0v) is 8.66. The molecule has 0 saturated carbocycles. The summed E-state index contributed by atoms with van der Waals surface area (Å²) in [5, 5.41) is 0. The number of nitrogens with one attached hydrogen (secondary N) is 1. The molecule has 0 aromatic carbocycles. The van der Waals surface area contributed by atoms with Crippen LogP contribution in [0.3, 0.4) is 0 Å². The van der Waals surface area contributed by atoms with Crippen LogP contribution in [0.5, 0.6) is 0 Å². The van der Waals surface area contributed by atoms with E-state index in [4.69, 9.17) is 11.6 Å². The Hall–Kier alpha value is -0.0600. The first-order valence-electron chi connectivity index (χ1n) is 3.66. The minimum Gasteiger partial charge on any atom is -0.212 e. The predicted molar refractivity (Wildman–Crippen MR) is 51.9 cm³/mol. The van der Waals surface area contributed by atoms with Gasteiger partial charge in [-0.25, -0.2) is 13.1 Å². The zero-order valence-electron chi connectivity index (χ0n) is 7.09. The molecule has 0 aliphatic rings. The minimum absolute atomic E-state index is 0.0195. The van der Waals surface area contributed by atoms with Crippen molar-refractivity contribution in [3.05, 3.63) is 12.7 Å². The fraction of sp³-hybridized carbons (Fsp3) is 0.714. The number of alkyl halides is 1. The van der Waals surface area contributed by atoms with Crippen LogP contribution in [0.25, 0.3) is 0 Å². The highest BCUT2D eigenvalue weighted by Gasteiger charge is 2.13. The highest BCUT2D eigenvalue weighted by Crippen LogP contribution is 2.01. The van der Waals surface area contributed by atoms with Crippen LogP contribution in [0.1, 0.15) is 6.92 Å². The Bertz CT molecular complexity index is 226. The Labute approximate surface area is 78.9 Å². The highest BCUT2D eigenvalue weighted by molar-refractivity contribution is 7.89. The lowest BCUT2D eigenvalue weighted by Gasteiger charge is -2.08. The quantitative estimate of drug-likeness (QED) is 0.526. The Morgan fingerprint density at radius 1 is 1.67 bits per heavy atom. The molecule has 12 heavy (non-hydrogen) atoms. The summed E-state index contributed by atoms with van der Waals surface area (Å²) >= 11 is 5.48. The lowest BCUT2D eigenvalue weighted by atomic mass is 10.3. The summed E-state index contributed by atoms with van der Waals surface area (Å²) in [6, 6.07) is 0. The fourth-order valence-electron chi connectivity index (χ4n) is 0.664. The van der Waals surface area contributed by atoms with E-state index in [1.54, 1.807) is 6.92 Å². The highest BCUT2D eigenvalue weighted by atomic mass is 35.5. The third-order valence-electron chi connectivity index (χ3n) is 1.21. The molecule has 3 nitrogen and oxygen atoms in total. The van der Waals surface area contributed by atoms with Crippen molar-refractivity contribution in [2.75, 3.05) is 18.2 Å². The summed E-state index contributed by atoms with van der Waals surface area (Å²) in [6.45, 7) is 5.48. The standard InChI is InChI=1S/C7H14ClNO2S/c1-3-4-9-12(10,11)6-7(2)5-8/h3,7,9H,1,4-6H2,2H3. The molecule has 0 spiro atoms. The van der Waals surface area contributed by atoms with Gasteiger partial charge in [0.05, 0.1) is 5.75 Å². The normalized spacial score (nSPS) is 14.2. The first kappa shape index (κ1) is 11.9. The molecule has 0 aromatic rings. The Morgan fingerprint density at radius 2 is 2.25 bits per heavy atom. The summed E-state index contributed by atoms with van der Waals surface area (Å²) in [4.78, 5) is 0. The molecular weight excluding hydrogens is 198 g/mol. The second kappa shape index (κ2) is 5.56. The molecule has 0 aliphatic carbocycles. The summed E-state index contributed by atoms with van der Waals surface area (Å²) in [5.41, 5.74) is 0. The number of halogens is 1. The van der Waals surface area contributed by atoms with Crippen LogP contribution in [0, 0.1) is 5.92 Å². The molecule has 0 rings (SSSR count). The van der Waals surface area contributed by atoms with Crippen LogP contribution in [-0.4, -0.2) is 26.6 Å². The van der Waals surface area contributed by atoms with E-state index in [0.717, 1.165) is 0 Å². The van der Waals surface area contributed by atoms with Gasteiger partial charge >= 0.3 is 0 Å². The molecule has 0 aliphatic heterocycles. The molecule has 1 unspecified atom stereocenters. The minimum atomic E-state index is -3.16. The van der Waals surface area contributed by atoms with E-state index in [1.807, 2.05) is 0 Å². The van der Waals surface area contributed by atoms with Crippen molar-refractivity contribution in [2.24, 2.45) is 5.92 Å². The second-order valence-electron chi connectivity index (χ2n) is 2.68. The van der Waals surface area contributed by atoms with E-state index in [0.29, 0.717) is 5.88 Å². The van der Waals surface area contributed by atoms with E-state index in [9.17, 15) is 8.42 Å². The van der Waals surface area contributed by atoms with E-state index in [2.05, 4.69) is 11.3 Å². The van der Waals surface area contributed by atoms with Crippen molar-refractivity contribution >= 4 is 21.6 Å². The summed E-state index contributed by atoms with van der Waals surface area (Å²) < 4.78 is 24.7. The van der Waals surface area contributed by atoms with Gasteiger partial charge in [0.2, 0.25) is 10.0 Å². The van der Waals surface area contributed by atoms with Gasteiger partial charge in [-0.15, -0.1) is 18.2 Å². The predicted octanol–water partition coefficient (Wildman–Crippen LogP) is 0.967. The third-order valence-corrected chi connectivity index (χ3v) is 3.36. The zero-order chi connectivity index (χ0) is 9.61. The van der Waals surface area contributed by atoms with Crippen molar-refractivity contribution in [3.63, 3.8) is 0 Å². The molecular formula is C7H14ClNO2S. The third kappa shape index (κ3) is 5.57. The first-order chi connectivity index (χ1) is 5.52. The molecule has 5 heteroatoms. The van der Waals surface area contributed by atoms with Crippen molar-refractivity contribution in [2.45, 2.75) is 6.92 Å². The van der Waals surface area contributed by atoms with Crippen LogP contribution in [0.15, 0.2) is 12.7 Å². The lowest BCUT2D eigenvalue weighted by Crippen LogP contribution is -2.29. The molecule has 0 amide bonds. The average Bonchev–Trinajstić information content (AvgIpc) is 2.00. The van der Waals surface area contributed by atoms with E-state index in [-0.39, 0.29) is 18.2 Å². The number of sulfonamides is 1. The molecule has 0 radical (unpaired) electrons. The van der Waals surface area contributed by atoms with Gasteiger partial charge in [0.25, 0.3) is 0 Å². The van der Waals surface area contributed by atoms with Crippen LogP contribution in [0.4, 0.5) is 0 Å².